The van der Waals surface area contributed by atoms with Gasteiger partial charge < -0.3 is 9.73 Å². The van der Waals surface area contributed by atoms with Crippen LogP contribution in [0.4, 0.5) is 0 Å². The minimum atomic E-state index is 0.128. The van der Waals surface area contributed by atoms with Gasteiger partial charge in [0.2, 0.25) is 0 Å². The fraction of sp³-hybridized carbons (Fsp3) is 0.286. The fourth-order valence-corrected chi connectivity index (χ4v) is 2.17. The smallest absolute Gasteiger partial charge is 0.128 e. The summed E-state index contributed by atoms with van der Waals surface area (Å²) < 4.78 is 6.68. The predicted octanol–water partition coefficient (Wildman–Crippen LogP) is 4.05. The van der Waals surface area contributed by atoms with Crippen LogP contribution >= 0.6 is 15.9 Å². The lowest BCUT2D eigenvalue weighted by molar-refractivity contribution is 0.449. The van der Waals surface area contributed by atoms with E-state index in [1.807, 2.05) is 6.07 Å². The Morgan fingerprint density at radius 1 is 1.24 bits per heavy atom. The van der Waals surface area contributed by atoms with Crippen molar-refractivity contribution in [2.45, 2.75) is 19.9 Å². The first-order chi connectivity index (χ1) is 8.22. The molecule has 0 bridgehead atoms. The summed E-state index contributed by atoms with van der Waals surface area (Å²) in [5.41, 5.74) is 2.40. The molecular weight excluding hydrogens is 278 g/mol. The number of aryl methyl sites for hydroxylation is 1. The molecule has 3 heteroatoms. The number of rotatable bonds is 4. The van der Waals surface area contributed by atoms with Gasteiger partial charge in [-0.05, 0) is 42.8 Å². The van der Waals surface area contributed by atoms with Crippen molar-refractivity contribution >= 4 is 15.9 Å². The molecule has 1 atom stereocenters. The van der Waals surface area contributed by atoms with Crippen LogP contribution in [-0.4, -0.2) is 6.54 Å². The third kappa shape index (κ3) is 2.79. The molecule has 90 valence electrons. The number of halogens is 1. The van der Waals surface area contributed by atoms with E-state index in [1.165, 1.54) is 11.1 Å². The van der Waals surface area contributed by atoms with E-state index in [0.29, 0.717) is 0 Å². The summed E-state index contributed by atoms with van der Waals surface area (Å²) in [5.74, 6) is 0.995. The van der Waals surface area contributed by atoms with Crippen LogP contribution in [0.5, 0.6) is 0 Å². The van der Waals surface area contributed by atoms with Gasteiger partial charge in [-0.1, -0.05) is 35.0 Å². The van der Waals surface area contributed by atoms with E-state index in [4.69, 9.17) is 4.42 Å². The minimum absolute atomic E-state index is 0.128. The molecule has 1 N–H and O–H groups in total. The Kier molecular flexibility index (Phi) is 4.02. The topological polar surface area (TPSA) is 25.2 Å². The summed E-state index contributed by atoms with van der Waals surface area (Å²) in [7, 11) is 0. The monoisotopic (exact) mass is 293 g/mol. The van der Waals surface area contributed by atoms with E-state index in [2.05, 4.69) is 59.4 Å². The number of hydrogen-bond donors (Lipinski definition) is 1. The Hall–Kier alpha value is -1.06. The molecule has 0 spiro atoms. The molecule has 0 fully saturated rings. The predicted molar refractivity (Wildman–Crippen MR) is 73.1 cm³/mol. The van der Waals surface area contributed by atoms with Gasteiger partial charge in [-0.2, -0.15) is 0 Å². The van der Waals surface area contributed by atoms with Crippen molar-refractivity contribution < 1.29 is 4.42 Å². The summed E-state index contributed by atoms with van der Waals surface area (Å²) in [5, 5.41) is 3.45. The molecule has 0 aliphatic carbocycles. The second-order valence-corrected chi connectivity index (χ2v) is 4.93. The lowest BCUT2D eigenvalue weighted by Gasteiger charge is -2.17. The molecule has 1 unspecified atom stereocenters. The molecule has 0 radical (unpaired) electrons. The molecule has 0 saturated carbocycles. The van der Waals surface area contributed by atoms with Crippen molar-refractivity contribution in [2.75, 3.05) is 6.54 Å². The second-order valence-electron chi connectivity index (χ2n) is 4.01. The van der Waals surface area contributed by atoms with Gasteiger partial charge in [-0.25, -0.2) is 0 Å². The maximum absolute atomic E-state index is 5.59. The highest BCUT2D eigenvalue weighted by molar-refractivity contribution is 9.10. The van der Waals surface area contributed by atoms with Crippen molar-refractivity contribution in [3.8, 4) is 0 Å². The summed E-state index contributed by atoms with van der Waals surface area (Å²) in [4.78, 5) is 0. The quantitative estimate of drug-likeness (QED) is 0.920. The third-order valence-electron chi connectivity index (χ3n) is 2.78. The largest absolute Gasteiger partial charge is 0.467 e. The van der Waals surface area contributed by atoms with Crippen LogP contribution in [-0.2, 0) is 0 Å². The molecular formula is C14H16BrNO. The van der Waals surface area contributed by atoms with Crippen LogP contribution in [0.25, 0.3) is 0 Å². The Bertz CT molecular complexity index is 475. The van der Waals surface area contributed by atoms with Crippen molar-refractivity contribution in [3.63, 3.8) is 0 Å². The third-order valence-corrected chi connectivity index (χ3v) is 3.30. The molecule has 0 saturated heterocycles. The lowest BCUT2D eigenvalue weighted by Crippen LogP contribution is -2.22. The zero-order valence-electron chi connectivity index (χ0n) is 10.0. The maximum atomic E-state index is 5.59. The highest BCUT2D eigenvalue weighted by atomic mass is 79.9. The van der Waals surface area contributed by atoms with Crippen LogP contribution in [0, 0.1) is 6.92 Å². The van der Waals surface area contributed by atoms with Gasteiger partial charge in [0.15, 0.2) is 0 Å². The van der Waals surface area contributed by atoms with Gasteiger partial charge in [-0.15, -0.1) is 0 Å². The molecule has 1 heterocycles. The summed E-state index contributed by atoms with van der Waals surface area (Å²) in [6, 6.07) is 10.5. The van der Waals surface area contributed by atoms with Gasteiger partial charge in [-0.3, -0.25) is 0 Å². The number of hydrogen-bond acceptors (Lipinski definition) is 2. The van der Waals surface area contributed by atoms with Crippen molar-refractivity contribution in [1.29, 1.82) is 0 Å². The highest BCUT2D eigenvalue weighted by Gasteiger charge is 2.17. The standard InChI is InChI=1S/C14H16BrNO/c1-3-16-13(14-10(2)8-9-17-14)11-4-6-12(15)7-5-11/h4-9,13,16H,3H2,1-2H3. The Labute approximate surface area is 110 Å². The normalized spacial score (nSPS) is 12.6. The summed E-state index contributed by atoms with van der Waals surface area (Å²) in [6.45, 7) is 5.08. The van der Waals surface area contributed by atoms with Crippen LogP contribution < -0.4 is 5.32 Å². The molecule has 1 aromatic heterocycles. The van der Waals surface area contributed by atoms with Crippen LogP contribution in [0.1, 0.15) is 29.9 Å². The van der Waals surface area contributed by atoms with Gasteiger partial charge in [0.1, 0.15) is 5.76 Å². The molecule has 0 aliphatic rings. The van der Waals surface area contributed by atoms with E-state index in [1.54, 1.807) is 6.26 Å². The summed E-state index contributed by atoms with van der Waals surface area (Å²) in [6.07, 6.45) is 1.74. The van der Waals surface area contributed by atoms with Crippen LogP contribution in [0.2, 0.25) is 0 Å². The van der Waals surface area contributed by atoms with E-state index < -0.39 is 0 Å². The van der Waals surface area contributed by atoms with E-state index in [0.717, 1.165) is 16.8 Å². The number of benzene rings is 1. The SMILES string of the molecule is CCNC(c1ccc(Br)cc1)c1occc1C. The second kappa shape index (κ2) is 5.52. The maximum Gasteiger partial charge on any atom is 0.128 e. The lowest BCUT2D eigenvalue weighted by atomic mass is 10.0. The Morgan fingerprint density at radius 2 is 1.94 bits per heavy atom. The minimum Gasteiger partial charge on any atom is -0.467 e. The van der Waals surface area contributed by atoms with Crippen LogP contribution in [0.15, 0.2) is 45.5 Å². The van der Waals surface area contributed by atoms with Gasteiger partial charge in [0.05, 0.1) is 12.3 Å². The number of nitrogens with one attached hydrogen (secondary N) is 1. The van der Waals surface area contributed by atoms with Crippen molar-refractivity contribution in [1.82, 2.24) is 5.32 Å². The van der Waals surface area contributed by atoms with Crippen LogP contribution in [0.3, 0.4) is 0 Å². The fourth-order valence-electron chi connectivity index (χ4n) is 1.90. The van der Waals surface area contributed by atoms with E-state index in [9.17, 15) is 0 Å². The zero-order chi connectivity index (χ0) is 12.3. The average molecular weight is 294 g/mol. The molecule has 1 aromatic carbocycles. The highest BCUT2D eigenvalue weighted by Crippen LogP contribution is 2.26. The zero-order valence-corrected chi connectivity index (χ0v) is 11.6. The van der Waals surface area contributed by atoms with Crippen molar-refractivity contribution in [2.24, 2.45) is 0 Å². The molecule has 0 aliphatic heterocycles. The Balaban J connectivity index is 2.35. The Morgan fingerprint density at radius 3 is 2.47 bits per heavy atom. The van der Waals surface area contributed by atoms with Crippen molar-refractivity contribution in [3.05, 3.63) is 58.0 Å². The molecule has 2 rings (SSSR count). The first kappa shape index (κ1) is 12.4. The van der Waals surface area contributed by atoms with Gasteiger partial charge in [0, 0.05) is 4.47 Å². The van der Waals surface area contributed by atoms with Gasteiger partial charge in [0.25, 0.3) is 0 Å². The summed E-state index contributed by atoms with van der Waals surface area (Å²) >= 11 is 3.45. The first-order valence-corrected chi connectivity index (χ1v) is 6.54. The molecule has 17 heavy (non-hydrogen) atoms. The first-order valence-electron chi connectivity index (χ1n) is 5.75. The van der Waals surface area contributed by atoms with E-state index >= 15 is 0 Å². The molecule has 2 nitrogen and oxygen atoms in total. The van der Waals surface area contributed by atoms with E-state index in [-0.39, 0.29) is 6.04 Å². The molecule has 2 aromatic rings. The average Bonchev–Trinajstić information content (AvgIpc) is 2.74. The number of furan rings is 1. The molecule has 0 amide bonds. The van der Waals surface area contributed by atoms with Gasteiger partial charge >= 0.3 is 0 Å².